The van der Waals surface area contributed by atoms with Crippen LogP contribution in [0.15, 0.2) is 48.5 Å². The lowest BCUT2D eigenvalue weighted by atomic mass is 9.88. The largest absolute Gasteiger partial charge is 0.491 e. The van der Waals surface area contributed by atoms with Gasteiger partial charge in [-0.15, -0.1) is 0 Å². The number of piperidine rings is 1. The summed E-state index contributed by atoms with van der Waals surface area (Å²) in [6.45, 7) is 4.35. The van der Waals surface area contributed by atoms with E-state index in [-0.39, 0.29) is 18.3 Å². The zero-order chi connectivity index (χ0) is 19.9. The van der Waals surface area contributed by atoms with Crippen LogP contribution in [0.2, 0.25) is 0 Å². The molecule has 1 heterocycles. The normalized spacial score (nSPS) is 16.3. The Morgan fingerprint density at radius 2 is 1.82 bits per heavy atom. The van der Waals surface area contributed by atoms with E-state index in [9.17, 15) is 9.90 Å². The van der Waals surface area contributed by atoms with Crippen LogP contribution in [0, 0.1) is 24.2 Å². The molecule has 1 unspecified atom stereocenters. The number of hydrogen-bond donors (Lipinski definition) is 1. The van der Waals surface area contributed by atoms with Crippen molar-refractivity contribution in [3.8, 4) is 11.8 Å². The van der Waals surface area contributed by atoms with E-state index in [2.05, 4.69) is 11.0 Å². The Kier molecular flexibility index (Phi) is 6.80. The smallest absolute Gasteiger partial charge is 0.166 e. The SMILES string of the molecule is Cc1ccc(C(=O)C2CCN(CC(O)COc3ccc(C#N)cc3)CC2)cc1. The second-order valence-corrected chi connectivity index (χ2v) is 7.41. The van der Waals surface area contributed by atoms with E-state index >= 15 is 0 Å². The van der Waals surface area contributed by atoms with Crippen LogP contribution in [0.25, 0.3) is 0 Å². The standard InChI is InChI=1S/C23H26N2O3/c1-17-2-6-19(7-3-17)23(27)20-10-12-25(13-11-20)15-21(26)16-28-22-8-4-18(14-24)5-9-22/h2-9,20-21,26H,10-13,15-16H2,1H3. The lowest BCUT2D eigenvalue weighted by Crippen LogP contribution is -2.42. The maximum absolute atomic E-state index is 12.6. The summed E-state index contributed by atoms with van der Waals surface area (Å²) in [6, 6.07) is 16.7. The molecule has 28 heavy (non-hydrogen) atoms. The van der Waals surface area contributed by atoms with Gasteiger partial charge in [0.15, 0.2) is 5.78 Å². The van der Waals surface area contributed by atoms with Crippen molar-refractivity contribution in [3.63, 3.8) is 0 Å². The highest BCUT2D eigenvalue weighted by atomic mass is 16.5. The van der Waals surface area contributed by atoms with Gasteiger partial charge in [-0.25, -0.2) is 0 Å². The van der Waals surface area contributed by atoms with Gasteiger partial charge in [-0.1, -0.05) is 29.8 Å². The molecule has 1 aliphatic rings. The number of carbonyl (C=O) groups excluding carboxylic acids is 1. The van der Waals surface area contributed by atoms with Crippen LogP contribution in [-0.2, 0) is 0 Å². The van der Waals surface area contributed by atoms with Crippen molar-refractivity contribution in [1.29, 1.82) is 5.26 Å². The van der Waals surface area contributed by atoms with Crippen molar-refractivity contribution in [2.24, 2.45) is 5.92 Å². The Morgan fingerprint density at radius 1 is 1.18 bits per heavy atom. The molecular weight excluding hydrogens is 352 g/mol. The van der Waals surface area contributed by atoms with Crippen LogP contribution in [0.5, 0.6) is 5.75 Å². The van der Waals surface area contributed by atoms with Gasteiger partial charge in [0, 0.05) is 18.0 Å². The maximum atomic E-state index is 12.6. The van der Waals surface area contributed by atoms with Crippen LogP contribution in [0.1, 0.15) is 34.3 Å². The average Bonchev–Trinajstić information content (AvgIpc) is 2.73. The highest BCUT2D eigenvalue weighted by molar-refractivity contribution is 5.97. The first-order valence-corrected chi connectivity index (χ1v) is 9.69. The van der Waals surface area contributed by atoms with Gasteiger partial charge in [0.1, 0.15) is 18.5 Å². The van der Waals surface area contributed by atoms with Gasteiger partial charge in [0.05, 0.1) is 11.6 Å². The molecule has 2 aromatic carbocycles. The molecule has 1 aliphatic heterocycles. The number of aryl methyl sites for hydroxylation is 1. The number of β-amino-alcohol motifs (C(OH)–C–C–N with tert-alkyl or cyclic N) is 1. The number of hydrogen-bond acceptors (Lipinski definition) is 5. The van der Waals surface area contributed by atoms with Crippen molar-refractivity contribution >= 4 is 5.78 Å². The minimum Gasteiger partial charge on any atom is -0.491 e. The summed E-state index contributed by atoms with van der Waals surface area (Å²) in [5.41, 5.74) is 2.53. The minimum absolute atomic E-state index is 0.0611. The number of ketones is 1. The number of carbonyl (C=O) groups is 1. The molecule has 0 amide bonds. The Hall–Kier alpha value is -2.68. The second-order valence-electron chi connectivity index (χ2n) is 7.41. The Bertz CT molecular complexity index is 816. The summed E-state index contributed by atoms with van der Waals surface area (Å²) in [4.78, 5) is 14.8. The molecule has 1 saturated heterocycles. The lowest BCUT2D eigenvalue weighted by Gasteiger charge is -2.32. The van der Waals surface area contributed by atoms with E-state index in [0.29, 0.717) is 17.9 Å². The fourth-order valence-electron chi connectivity index (χ4n) is 3.50. The number of likely N-dealkylation sites (tertiary alicyclic amines) is 1. The van der Waals surface area contributed by atoms with E-state index in [4.69, 9.17) is 10.00 Å². The van der Waals surface area contributed by atoms with Crippen LogP contribution in [-0.4, -0.2) is 48.1 Å². The molecule has 0 aromatic heterocycles. The zero-order valence-electron chi connectivity index (χ0n) is 16.2. The molecule has 0 aliphatic carbocycles. The van der Waals surface area contributed by atoms with E-state index in [1.165, 1.54) is 0 Å². The Morgan fingerprint density at radius 3 is 2.43 bits per heavy atom. The molecule has 1 fully saturated rings. The van der Waals surface area contributed by atoms with Crippen LogP contribution in [0.4, 0.5) is 0 Å². The van der Waals surface area contributed by atoms with Crippen LogP contribution < -0.4 is 4.74 Å². The molecule has 1 atom stereocenters. The Balaban J connectivity index is 1.41. The number of Topliss-reactive ketones (excluding diaryl/α,β-unsaturated/α-hetero) is 1. The first kappa shape index (κ1) is 20.1. The topological polar surface area (TPSA) is 73.6 Å². The Labute approximate surface area is 166 Å². The van der Waals surface area contributed by atoms with E-state index in [1.807, 2.05) is 31.2 Å². The molecular formula is C23H26N2O3. The summed E-state index contributed by atoms with van der Waals surface area (Å²) in [7, 11) is 0. The first-order chi connectivity index (χ1) is 13.5. The van der Waals surface area contributed by atoms with Crippen LogP contribution >= 0.6 is 0 Å². The van der Waals surface area contributed by atoms with Gasteiger partial charge in [0.2, 0.25) is 0 Å². The van der Waals surface area contributed by atoms with Gasteiger partial charge in [0.25, 0.3) is 0 Å². The predicted molar refractivity (Wildman–Crippen MR) is 107 cm³/mol. The molecule has 0 radical (unpaired) electrons. The average molecular weight is 378 g/mol. The number of aliphatic hydroxyl groups excluding tert-OH is 1. The zero-order valence-corrected chi connectivity index (χ0v) is 16.2. The minimum atomic E-state index is -0.597. The molecule has 0 saturated carbocycles. The molecule has 3 rings (SSSR count). The third-order valence-corrected chi connectivity index (χ3v) is 5.19. The molecule has 146 valence electrons. The monoisotopic (exact) mass is 378 g/mol. The highest BCUT2D eigenvalue weighted by Crippen LogP contribution is 2.22. The third kappa shape index (κ3) is 5.41. The summed E-state index contributed by atoms with van der Waals surface area (Å²) < 4.78 is 5.60. The number of rotatable bonds is 7. The quantitative estimate of drug-likeness (QED) is 0.749. The summed E-state index contributed by atoms with van der Waals surface area (Å²) in [6.07, 6.45) is 1.03. The molecule has 2 aromatic rings. The lowest BCUT2D eigenvalue weighted by molar-refractivity contribution is 0.0524. The third-order valence-electron chi connectivity index (χ3n) is 5.19. The molecule has 1 N–H and O–H groups in total. The van der Waals surface area contributed by atoms with Gasteiger partial charge in [-0.3, -0.25) is 4.79 Å². The van der Waals surface area contributed by atoms with E-state index < -0.39 is 6.10 Å². The van der Waals surface area contributed by atoms with Crippen molar-refractivity contribution < 1.29 is 14.6 Å². The number of nitrogens with zero attached hydrogens (tertiary/aromatic N) is 2. The highest BCUT2D eigenvalue weighted by Gasteiger charge is 2.26. The van der Waals surface area contributed by atoms with Gasteiger partial charge in [-0.05, 0) is 57.1 Å². The summed E-state index contributed by atoms with van der Waals surface area (Å²) in [5, 5.41) is 19.1. The number of benzene rings is 2. The summed E-state index contributed by atoms with van der Waals surface area (Å²) >= 11 is 0. The first-order valence-electron chi connectivity index (χ1n) is 9.69. The van der Waals surface area contributed by atoms with E-state index in [1.54, 1.807) is 24.3 Å². The van der Waals surface area contributed by atoms with Crippen molar-refractivity contribution in [2.45, 2.75) is 25.9 Å². The maximum Gasteiger partial charge on any atom is 0.166 e. The number of aliphatic hydroxyl groups is 1. The fourth-order valence-corrected chi connectivity index (χ4v) is 3.50. The van der Waals surface area contributed by atoms with Crippen LogP contribution in [0.3, 0.4) is 0 Å². The molecule has 5 nitrogen and oxygen atoms in total. The molecule has 5 heteroatoms. The number of nitriles is 1. The van der Waals surface area contributed by atoms with Gasteiger partial charge >= 0.3 is 0 Å². The van der Waals surface area contributed by atoms with Crippen molar-refractivity contribution in [2.75, 3.05) is 26.2 Å². The summed E-state index contributed by atoms with van der Waals surface area (Å²) in [5.74, 6) is 0.927. The number of ether oxygens (including phenoxy) is 1. The van der Waals surface area contributed by atoms with Crippen molar-refractivity contribution in [1.82, 2.24) is 4.90 Å². The predicted octanol–water partition coefficient (Wildman–Crippen LogP) is 3.20. The fraction of sp³-hybridized carbons (Fsp3) is 0.391. The molecule has 0 spiro atoms. The van der Waals surface area contributed by atoms with Gasteiger partial charge in [-0.2, -0.15) is 5.26 Å². The van der Waals surface area contributed by atoms with Gasteiger partial charge < -0.3 is 14.7 Å². The van der Waals surface area contributed by atoms with Crippen molar-refractivity contribution in [3.05, 3.63) is 65.2 Å². The second kappa shape index (κ2) is 9.50. The van der Waals surface area contributed by atoms with E-state index in [0.717, 1.165) is 37.1 Å². The molecule has 0 bridgehead atoms.